The Morgan fingerprint density at radius 3 is 2.70 bits per heavy atom. The van der Waals surface area contributed by atoms with Gasteiger partial charge in [-0.1, -0.05) is 18.2 Å². The minimum absolute atomic E-state index is 0.0554. The summed E-state index contributed by atoms with van der Waals surface area (Å²) in [4.78, 5) is 22.6. The van der Waals surface area contributed by atoms with Gasteiger partial charge in [0.15, 0.2) is 0 Å². The van der Waals surface area contributed by atoms with E-state index in [1.165, 1.54) is 5.56 Å². The molecule has 1 N–H and O–H groups in total. The predicted molar refractivity (Wildman–Crippen MR) is 104 cm³/mol. The summed E-state index contributed by atoms with van der Waals surface area (Å²) in [5, 5.41) is 10.4. The summed E-state index contributed by atoms with van der Waals surface area (Å²) in [6.07, 6.45) is 7.03. The van der Waals surface area contributed by atoms with Gasteiger partial charge in [0.1, 0.15) is 0 Å². The Morgan fingerprint density at radius 2 is 1.96 bits per heavy atom. The number of hydrogen-bond acceptors (Lipinski definition) is 4. The van der Waals surface area contributed by atoms with Crippen LogP contribution in [0.3, 0.4) is 0 Å². The van der Waals surface area contributed by atoms with Gasteiger partial charge in [0.05, 0.1) is 17.5 Å². The van der Waals surface area contributed by atoms with Gasteiger partial charge in [-0.2, -0.15) is 0 Å². The van der Waals surface area contributed by atoms with Crippen LogP contribution in [0.15, 0.2) is 55.0 Å². The lowest BCUT2D eigenvalue weighted by Crippen LogP contribution is -2.39. The molecule has 0 spiro atoms. The molecule has 3 heterocycles. The zero-order valence-electron chi connectivity index (χ0n) is 15.4. The lowest BCUT2D eigenvalue weighted by molar-refractivity contribution is -0.143. The molecule has 1 aliphatic heterocycles. The Morgan fingerprint density at radius 1 is 1.19 bits per heavy atom. The minimum atomic E-state index is -0.682. The van der Waals surface area contributed by atoms with Crippen molar-refractivity contribution in [2.24, 2.45) is 5.92 Å². The fraction of sp³-hybridized carbons (Fsp3) is 0.318. The van der Waals surface area contributed by atoms with Crippen molar-refractivity contribution < 1.29 is 9.90 Å². The topological polar surface area (TPSA) is 66.3 Å². The smallest absolute Gasteiger partial charge is 0.306 e. The highest BCUT2D eigenvalue weighted by atomic mass is 16.4. The summed E-state index contributed by atoms with van der Waals surface area (Å²) in [5.74, 6) is -0.922. The molecule has 1 aliphatic rings. The zero-order valence-corrected chi connectivity index (χ0v) is 15.4. The molecule has 5 nitrogen and oxygen atoms in total. The fourth-order valence-electron chi connectivity index (χ4n) is 4.02. The van der Waals surface area contributed by atoms with Crippen molar-refractivity contribution in [1.29, 1.82) is 0 Å². The van der Waals surface area contributed by atoms with Crippen molar-refractivity contribution in [2.75, 3.05) is 13.1 Å². The number of nitrogens with zero attached hydrogens (tertiary/aromatic N) is 3. The first-order chi connectivity index (χ1) is 13.1. The van der Waals surface area contributed by atoms with Gasteiger partial charge in [0.2, 0.25) is 0 Å². The van der Waals surface area contributed by atoms with Crippen LogP contribution in [0.5, 0.6) is 0 Å². The number of pyridine rings is 2. The van der Waals surface area contributed by atoms with E-state index in [1.807, 2.05) is 36.8 Å². The Kier molecular flexibility index (Phi) is 4.86. The van der Waals surface area contributed by atoms with Crippen LogP contribution in [0.25, 0.3) is 10.9 Å². The van der Waals surface area contributed by atoms with Crippen LogP contribution in [0, 0.1) is 12.8 Å². The van der Waals surface area contributed by atoms with Crippen LogP contribution in [-0.2, 0) is 4.79 Å². The second-order valence-electron chi connectivity index (χ2n) is 7.24. The third-order valence-electron chi connectivity index (χ3n) is 5.53. The van der Waals surface area contributed by atoms with Crippen LogP contribution in [0.2, 0.25) is 0 Å². The molecule has 1 atom stereocenters. The number of likely N-dealkylation sites (tertiary alicyclic amines) is 1. The standard InChI is InChI=1S/C22H23N3O2/c1-15-13-23-9-6-19(15)21(25-10-7-16(8-11-25)22(26)27)18-12-17-4-2-3-5-20(17)24-14-18/h2-6,9,12-14,16,21H,7-8,10-11H2,1H3,(H,26,27). The Bertz CT molecular complexity index is 964. The molecule has 1 saturated heterocycles. The third-order valence-corrected chi connectivity index (χ3v) is 5.53. The fourth-order valence-corrected chi connectivity index (χ4v) is 4.02. The average Bonchev–Trinajstić information content (AvgIpc) is 2.70. The maximum atomic E-state index is 11.3. The number of aryl methyl sites for hydroxylation is 1. The number of carboxylic acid groups (broad SMARTS) is 1. The number of benzene rings is 1. The Balaban J connectivity index is 1.74. The van der Waals surface area contributed by atoms with Gasteiger partial charge in [-0.15, -0.1) is 0 Å². The molecule has 5 heteroatoms. The lowest BCUT2D eigenvalue weighted by Gasteiger charge is -2.37. The van der Waals surface area contributed by atoms with Gasteiger partial charge < -0.3 is 5.11 Å². The van der Waals surface area contributed by atoms with Crippen molar-refractivity contribution in [2.45, 2.75) is 25.8 Å². The van der Waals surface area contributed by atoms with Crippen LogP contribution < -0.4 is 0 Å². The van der Waals surface area contributed by atoms with Gasteiger partial charge in [-0.3, -0.25) is 19.7 Å². The van der Waals surface area contributed by atoms with Gasteiger partial charge in [-0.05, 0) is 67.7 Å². The van der Waals surface area contributed by atoms with Crippen LogP contribution in [0.4, 0.5) is 0 Å². The molecule has 1 unspecified atom stereocenters. The Labute approximate surface area is 158 Å². The van der Waals surface area contributed by atoms with Crippen molar-refractivity contribution in [3.8, 4) is 0 Å². The minimum Gasteiger partial charge on any atom is -0.481 e. The van der Waals surface area contributed by atoms with E-state index in [1.54, 1.807) is 0 Å². The Hall–Kier alpha value is -2.79. The third kappa shape index (κ3) is 3.55. The number of aliphatic carboxylic acids is 1. The SMILES string of the molecule is Cc1cnccc1C(c1cnc2ccccc2c1)N1CCC(C(=O)O)CC1. The molecule has 27 heavy (non-hydrogen) atoms. The normalized spacial score (nSPS) is 17.1. The summed E-state index contributed by atoms with van der Waals surface area (Å²) in [7, 11) is 0. The van der Waals surface area contributed by atoms with Crippen molar-refractivity contribution in [3.05, 3.63) is 71.7 Å². The highest BCUT2D eigenvalue weighted by Crippen LogP contribution is 2.34. The summed E-state index contributed by atoms with van der Waals surface area (Å²) >= 11 is 0. The van der Waals surface area contributed by atoms with E-state index in [4.69, 9.17) is 0 Å². The number of carboxylic acids is 1. The molecular formula is C22H23N3O2. The first-order valence-electron chi connectivity index (χ1n) is 9.35. The van der Waals surface area contributed by atoms with E-state index in [2.05, 4.69) is 40.0 Å². The van der Waals surface area contributed by atoms with Crippen molar-refractivity contribution in [3.63, 3.8) is 0 Å². The second kappa shape index (κ2) is 7.45. The number of rotatable bonds is 4. The molecule has 2 aromatic heterocycles. The van der Waals surface area contributed by atoms with Gasteiger partial charge >= 0.3 is 5.97 Å². The summed E-state index contributed by atoms with van der Waals surface area (Å²) in [6.45, 7) is 3.60. The van der Waals surface area contributed by atoms with Crippen molar-refractivity contribution in [1.82, 2.24) is 14.9 Å². The van der Waals surface area contributed by atoms with E-state index >= 15 is 0 Å². The van der Waals surface area contributed by atoms with Crippen LogP contribution in [0.1, 0.15) is 35.6 Å². The van der Waals surface area contributed by atoms with Gasteiger partial charge in [0.25, 0.3) is 0 Å². The predicted octanol–water partition coefficient (Wildman–Crippen LogP) is 3.82. The number of hydrogen-bond donors (Lipinski definition) is 1. The van der Waals surface area contributed by atoms with Crippen molar-refractivity contribution >= 4 is 16.9 Å². The van der Waals surface area contributed by atoms with E-state index in [0.29, 0.717) is 12.8 Å². The van der Waals surface area contributed by atoms with E-state index < -0.39 is 5.97 Å². The quantitative estimate of drug-likeness (QED) is 0.765. The molecular weight excluding hydrogens is 338 g/mol. The monoisotopic (exact) mass is 361 g/mol. The molecule has 0 saturated carbocycles. The average molecular weight is 361 g/mol. The number of aromatic nitrogens is 2. The van der Waals surface area contributed by atoms with E-state index in [9.17, 15) is 9.90 Å². The first kappa shape index (κ1) is 17.6. The molecule has 0 bridgehead atoms. The van der Waals surface area contributed by atoms with Gasteiger partial charge in [-0.25, -0.2) is 0 Å². The number of piperidine rings is 1. The molecule has 0 aliphatic carbocycles. The second-order valence-corrected chi connectivity index (χ2v) is 7.24. The molecule has 1 fully saturated rings. The van der Waals surface area contributed by atoms with E-state index in [-0.39, 0.29) is 12.0 Å². The molecule has 138 valence electrons. The number of para-hydroxylation sites is 1. The molecule has 0 amide bonds. The summed E-state index contributed by atoms with van der Waals surface area (Å²) in [6, 6.07) is 12.5. The number of carbonyl (C=O) groups is 1. The molecule has 3 aromatic rings. The first-order valence-corrected chi connectivity index (χ1v) is 9.35. The maximum Gasteiger partial charge on any atom is 0.306 e. The van der Waals surface area contributed by atoms with E-state index in [0.717, 1.165) is 35.1 Å². The zero-order chi connectivity index (χ0) is 18.8. The lowest BCUT2D eigenvalue weighted by atomic mass is 9.90. The molecule has 0 radical (unpaired) electrons. The summed E-state index contributed by atoms with van der Waals surface area (Å²) in [5.41, 5.74) is 4.46. The van der Waals surface area contributed by atoms with Crippen LogP contribution >= 0.6 is 0 Å². The van der Waals surface area contributed by atoms with Gasteiger partial charge in [0, 0.05) is 24.0 Å². The van der Waals surface area contributed by atoms with Crippen LogP contribution in [-0.4, -0.2) is 39.0 Å². The maximum absolute atomic E-state index is 11.3. The molecule has 1 aromatic carbocycles. The highest BCUT2D eigenvalue weighted by molar-refractivity contribution is 5.79. The molecule has 4 rings (SSSR count). The highest BCUT2D eigenvalue weighted by Gasteiger charge is 2.31. The largest absolute Gasteiger partial charge is 0.481 e. The summed E-state index contributed by atoms with van der Waals surface area (Å²) < 4.78 is 0. The number of fused-ring (bicyclic) bond motifs is 1.